The van der Waals surface area contributed by atoms with Crippen LogP contribution in [0.25, 0.3) is 11.1 Å². The Kier molecular flexibility index (Phi) is 32.9. The molecule has 0 aliphatic rings. The third-order valence-corrected chi connectivity index (χ3v) is 13.5. The number of ether oxygens (including phenoxy) is 4. The first kappa shape index (κ1) is 71.7. The van der Waals surface area contributed by atoms with Crippen molar-refractivity contribution in [2.24, 2.45) is 16.9 Å². The number of carboxylic acid groups (broad SMARTS) is 4. The number of aliphatic carboxylic acids is 4. The van der Waals surface area contributed by atoms with E-state index >= 15 is 4.39 Å². The van der Waals surface area contributed by atoms with Gasteiger partial charge >= 0.3 is 30.1 Å². The number of amides is 4. The SMILES string of the molecule is CC(C)(C)C(c1cc(-c2cc(F)ccc2F)cn1Cc1ccccc1)N(CCCN)C(=O)CSCC(NC(=O)CCOCCOCCOCCOCCNC(=O)CNC(=O)C(CC(=O)O)SCC(N)C(=O)O)C(=O)O.O=C(O)C(F)(F)F. The van der Waals surface area contributed by atoms with Crippen LogP contribution < -0.4 is 27.4 Å². The van der Waals surface area contributed by atoms with Gasteiger partial charge in [0.1, 0.15) is 23.7 Å². The second-order valence-corrected chi connectivity index (χ2v) is 21.1. The third-order valence-electron chi connectivity index (χ3n) is 11.1. The van der Waals surface area contributed by atoms with Crippen LogP contribution in [0.3, 0.4) is 0 Å². The fraction of sp³-hybridized carbons (Fsp3) is 0.538. The lowest BCUT2D eigenvalue weighted by molar-refractivity contribution is -0.192. The van der Waals surface area contributed by atoms with Crippen molar-refractivity contribution in [3.8, 4) is 11.1 Å². The largest absolute Gasteiger partial charge is 0.490 e. The quantitative estimate of drug-likeness (QED) is 0.0293. The highest BCUT2D eigenvalue weighted by atomic mass is 32.2. The Labute approximate surface area is 478 Å². The Balaban J connectivity index is 0.00000307. The van der Waals surface area contributed by atoms with Crippen LogP contribution in [0.1, 0.15) is 57.3 Å². The molecular formula is C52H72F5N7O16S2. The number of nitrogens with two attached hydrogens (primary N) is 2. The number of carbonyl (C=O) groups is 8. The molecule has 0 radical (unpaired) electrons. The highest BCUT2D eigenvalue weighted by Gasteiger charge is 2.39. The number of halogens is 5. The molecule has 2 aromatic carbocycles. The summed E-state index contributed by atoms with van der Waals surface area (Å²) in [6, 6.07) is 11.5. The van der Waals surface area contributed by atoms with Gasteiger partial charge in [-0.1, -0.05) is 51.1 Å². The van der Waals surface area contributed by atoms with E-state index in [4.69, 9.17) is 50.5 Å². The number of nitrogens with zero attached hydrogens (tertiary/aromatic N) is 2. The highest BCUT2D eigenvalue weighted by Crippen LogP contribution is 2.41. The molecule has 82 heavy (non-hydrogen) atoms. The summed E-state index contributed by atoms with van der Waals surface area (Å²) in [5, 5.41) is 41.2. The van der Waals surface area contributed by atoms with E-state index in [1.54, 1.807) is 17.2 Å². The van der Waals surface area contributed by atoms with E-state index in [9.17, 15) is 56.2 Å². The summed E-state index contributed by atoms with van der Waals surface area (Å²) >= 11 is 1.83. The minimum atomic E-state index is -5.08. The molecule has 30 heteroatoms. The number of benzene rings is 2. The maximum Gasteiger partial charge on any atom is 0.490 e. The van der Waals surface area contributed by atoms with Crippen LogP contribution in [0.4, 0.5) is 22.0 Å². The molecule has 0 spiro atoms. The van der Waals surface area contributed by atoms with Crippen LogP contribution in [-0.2, 0) is 63.8 Å². The number of alkyl halides is 3. The summed E-state index contributed by atoms with van der Waals surface area (Å²) in [5.41, 5.74) is 12.9. The number of hydrogen-bond donors (Lipinski definition) is 9. The summed E-state index contributed by atoms with van der Waals surface area (Å²) in [7, 11) is 0. The molecular weight excluding hydrogens is 1140 g/mol. The monoisotopic (exact) mass is 1210 g/mol. The fourth-order valence-corrected chi connectivity index (χ4v) is 9.27. The Morgan fingerprint density at radius 3 is 1.91 bits per heavy atom. The van der Waals surface area contributed by atoms with Gasteiger partial charge in [-0.05, 0) is 48.2 Å². The minimum absolute atomic E-state index is 0.00185. The highest BCUT2D eigenvalue weighted by molar-refractivity contribution is 8.00. The fourth-order valence-electron chi connectivity index (χ4n) is 7.27. The topological polar surface area (TPSA) is 351 Å². The molecule has 23 nitrogen and oxygen atoms in total. The zero-order chi connectivity index (χ0) is 61.4. The number of nitrogens with one attached hydrogen (secondary N) is 3. The summed E-state index contributed by atoms with van der Waals surface area (Å²) in [4.78, 5) is 96.2. The second kappa shape index (κ2) is 37.6. The predicted molar refractivity (Wildman–Crippen MR) is 292 cm³/mol. The molecule has 0 bridgehead atoms. The molecule has 0 saturated heterocycles. The molecule has 4 atom stereocenters. The average molecular weight is 1210 g/mol. The number of hydrogen-bond acceptors (Lipinski definition) is 16. The van der Waals surface area contributed by atoms with E-state index in [1.165, 1.54) is 0 Å². The van der Waals surface area contributed by atoms with Crippen molar-refractivity contribution in [1.29, 1.82) is 0 Å². The molecule has 4 unspecified atom stereocenters. The van der Waals surface area contributed by atoms with Gasteiger partial charge in [0.25, 0.3) is 0 Å². The lowest BCUT2D eigenvalue weighted by atomic mass is 9.83. The van der Waals surface area contributed by atoms with Gasteiger partial charge in [-0.3, -0.25) is 28.8 Å². The number of aromatic nitrogens is 1. The predicted octanol–water partition coefficient (Wildman–Crippen LogP) is 3.36. The van der Waals surface area contributed by atoms with E-state index in [0.717, 1.165) is 47.3 Å². The Bertz CT molecular complexity index is 2510. The average Bonchev–Trinajstić information content (AvgIpc) is 3.91. The minimum Gasteiger partial charge on any atom is -0.481 e. The summed E-state index contributed by atoms with van der Waals surface area (Å²) in [6.07, 6.45) is -3.57. The first-order valence-electron chi connectivity index (χ1n) is 25.4. The molecule has 3 rings (SSSR count). The van der Waals surface area contributed by atoms with Crippen LogP contribution in [0, 0.1) is 17.0 Å². The van der Waals surface area contributed by atoms with Gasteiger partial charge < -0.3 is 76.3 Å². The molecule has 0 fully saturated rings. The first-order valence-corrected chi connectivity index (χ1v) is 27.6. The van der Waals surface area contributed by atoms with E-state index in [-0.39, 0.29) is 101 Å². The van der Waals surface area contributed by atoms with Crippen molar-refractivity contribution in [3.63, 3.8) is 0 Å². The normalized spacial score (nSPS) is 12.9. The zero-order valence-electron chi connectivity index (χ0n) is 45.5. The van der Waals surface area contributed by atoms with E-state index in [1.807, 2.05) is 55.7 Å². The van der Waals surface area contributed by atoms with Crippen molar-refractivity contribution in [1.82, 2.24) is 25.4 Å². The molecule has 4 amide bonds. The van der Waals surface area contributed by atoms with Crippen molar-refractivity contribution in [2.75, 3.05) is 96.3 Å². The maximum absolute atomic E-state index is 15.2. The van der Waals surface area contributed by atoms with Crippen LogP contribution in [0.5, 0.6) is 0 Å². The van der Waals surface area contributed by atoms with Gasteiger partial charge in [0, 0.05) is 60.6 Å². The molecule has 0 saturated carbocycles. The van der Waals surface area contributed by atoms with Crippen molar-refractivity contribution in [3.05, 3.63) is 83.7 Å². The summed E-state index contributed by atoms with van der Waals surface area (Å²) < 4.78 is 85.0. The van der Waals surface area contributed by atoms with E-state index < -0.39 is 101 Å². The Morgan fingerprint density at radius 1 is 0.768 bits per heavy atom. The lowest BCUT2D eigenvalue weighted by Crippen LogP contribution is -2.45. The van der Waals surface area contributed by atoms with Crippen LogP contribution >= 0.6 is 23.5 Å². The third kappa shape index (κ3) is 28.5. The van der Waals surface area contributed by atoms with Gasteiger partial charge in [-0.2, -0.15) is 13.2 Å². The van der Waals surface area contributed by atoms with Gasteiger partial charge in [-0.15, -0.1) is 23.5 Å². The number of carbonyl (C=O) groups excluding carboxylic acids is 4. The summed E-state index contributed by atoms with van der Waals surface area (Å²) in [5.74, 6) is -10.3. The van der Waals surface area contributed by atoms with Crippen molar-refractivity contribution < 1.29 is 99.7 Å². The van der Waals surface area contributed by atoms with Crippen LogP contribution in [0.2, 0.25) is 0 Å². The maximum atomic E-state index is 15.2. The lowest BCUT2D eigenvalue weighted by Gasteiger charge is -2.41. The molecule has 1 aromatic heterocycles. The Hall–Kier alpha value is -6.41. The standard InChI is InChI=1S/C50H71F2N7O14S2.C2HF3O2/c1-50(2,3)46(40-24-34(36-25-35(51)10-11-37(36)52)29-58(40)28-33-8-5-4-6-9-33)59(15-7-13-53)44(62)32-74-31-39(49(68)69)57-42(60)12-16-70-18-20-72-22-23-73-21-19-71-17-14-55-43(61)27-56-47(65)41(26-45(63)64)75-30-38(54)48(66)67;3-2(4,5)1(6)7/h4-6,8-11,24-25,29,38-39,41,46H,7,12-23,26-28,30-32,53-54H2,1-3H3,(H,55,61)(H,56,65)(H,57,60)(H,63,64)(H,66,67)(H,68,69);(H,6,7). The zero-order valence-corrected chi connectivity index (χ0v) is 47.1. The molecule has 458 valence electrons. The van der Waals surface area contributed by atoms with E-state index in [0.29, 0.717) is 30.8 Å². The number of rotatable bonds is 38. The molecule has 11 N–H and O–H groups in total. The summed E-state index contributed by atoms with van der Waals surface area (Å²) in [6.45, 7) is 8.03. The molecule has 0 aliphatic heterocycles. The Morgan fingerprint density at radius 2 is 1.37 bits per heavy atom. The number of carboxylic acids is 4. The van der Waals surface area contributed by atoms with Crippen molar-refractivity contribution >= 4 is 71.0 Å². The molecule has 0 aliphatic carbocycles. The van der Waals surface area contributed by atoms with Gasteiger partial charge in [0.05, 0.1) is 82.9 Å². The van der Waals surface area contributed by atoms with Gasteiger partial charge in [-0.25, -0.2) is 18.4 Å². The van der Waals surface area contributed by atoms with Crippen LogP contribution in [-0.4, -0.2) is 197 Å². The smallest absolute Gasteiger partial charge is 0.481 e. The molecule has 1 heterocycles. The first-order chi connectivity index (χ1) is 38.7. The molecule has 3 aromatic rings. The number of thioether (sulfide) groups is 2. The van der Waals surface area contributed by atoms with Crippen LogP contribution in [0.15, 0.2) is 60.8 Å². The van der Waals surface area contributed by atoms with Gasteiger partial charge in [0.2, 0.25) is 23.6 Å². The second-order valence-electron chi connectivity index (χ2n) is 18.8. The van der Waals surface area contributed by atoms with Gasteiger partial charge in [0.15, 0.2) is 0 Å². The van der Waals surface area contributed by atoms with Crippen molar-refractivity contribution in [2.45, 2.75) is 76.1 Å². The van der Waals surface area contributed by atoms with E-state index in [2.05, 4.69) is 16.0 Å².